The second kappa shape index (κ2) is 10.8. The van der Waals surface area contributed by atoms with E-state index in [0.717, 1.165) is 53.9 Å². The summed E-state index contributed by atoms with van der Waals surface area (Å²) < 4.78 is 0. The van der Waals surface area contributed by atoms with Crippen molar-refractivity contribution in [3.8, 4) is 0 Å². The van der Waals surface area contributed by atoms with Crippen LogP contribution in [0, 0.1) is 0 Å². The van der Waals surface area contributed by atoms with Crippen LogP contribution in [0.2, 0.25) is 0 Å². The third-order valence-electron chi connectivity index (χ3n) is 5.95. The number of anilines is 2. The molecule has 0 atom stereocenters. The van der Waals surface area contributed by atoms with Crippen molar-refractivity contribution in [1.29, 1.82) is 0 Å². The second-order valence-electron chi connectivity index (χ2n) is 8.09. The number of carboxylic acids is 1. The van der Waals surface area contributed by atoms with Crippen LogP contribution in [0.5, 0.6) is 0 Å². The first-order chi connectivity index (χ1) is 15.4. The molecule has 0 spiro atoms. The molecule has 0 aromatic heterocycles. The highest BCUT2D eigenvalue weighted by Crippen LogP contribution is 2.30. The lowest BCUT2D eigenvalue weighted by molar-refractivity contribution is -0.136. The van der Waals surface area contributed by atoms with Crippen molar-refractivity contribution in [2.24, 2.45) is 0 Å². The molecule has 0 heterocycles. The van der Waals surface area contributed by atoms with Gasteiger partial charge in [-0.3, -0.25) is 9.59 Å². The van der Waals surface area contributed by atoms with Gasteiger partial charge in [-0.1, -0.05) is 24.3 Å². The average molecular weight is 433 g/mol. The van der Waals surface area contributed by atoms with Gasteiger partial charge in [0.25, 0.3) is 0 Å². The van der Waals surface area contributed by atoms with Crippen molar-refractivity contribution in [3.05, 3.63) is 70.8 Å². The van der Waals surface area contributed by atoms with Crippen LogP contribution in [0.1, 0.15) is 44.2 Å². The molecular weight excluding hydrogens is 400 g/mol. The van der Waals surface area contributed by atoms with Crippen molar-refractivity contribution in [1.82, 2.24) is 0 Å². The van der Waals surface area contributed by atoms with Gasteiger partial charge in [0.1, 0.15) is 0 Å². The van der Waals surface area contributed by atoms with E-state index in [1.54, 1.807) is 0 Å². The summed E-state index contributed by atoms with van der Waals surface area (Å²) in [4.78, 5) is 27.9. The van der Waals surface area contributed by atoms with Crippen molar-refractivity contribution in [2.45, 2.75) is 33.1 Å². The quantitative estimate of drug-likeness (QED) is 0.547. The minimum Gasteiger partial charge on any atom is -0.481 e. The highest BCUT2D eigenvalue weighted by Gasteiger charge is 2.23. The van der Waals surface area contributed by atoms with Gasteiger partial charge < -0.3 is 14.9 Å². The maximum Gasteiger partial charge on any atom is 0.305 e. The molecule has 32 heavy (non-hydrogen) atoms. The number of carbonyl (C=O) groups excluding carboxylic acids is 1. The third-order valence-corrected chi connectivity index (χ3v) is 5.95. The average Bonchev–Trinajstić information content (AvgIpc) is 3.13. The smallest absolute Gasteiger partial charge is 0.305 e. The normalized spacial score (nSPS) is 16.0. The zero-order chi connectivity index (χ0) is 23.1. The van der Waals surface area contributed by atoms with Gasteiger partial charge in [-0.05, 0) is 74.2 Å². The molecule has 0 bridgehead atoms. The highest BCUT2D eigenvalue weighted by atomic mass is 16.4. The Labute approximate surface area is 190 Å². The molecule has 3 rings (SSSR count). The minimum absolute atomic E-state index is 0.101. The lowest BCUT2D eigenvalue weighted by Gasteiger charge is -2.20. The Balaban J connectivity index is 1.67. The predicted octanol–water partition coefficient (Wildman–Crippen LogP) is 5.27. The molecular formula is C27H32N2O3. The number of carbonyl (C=O) groups is 2. The van der Waals surface area contributed by atoms with E-state index in [2.05, 4.69) is 43.0 Å². The SMILES string of the molecule is CCN(CC)c1ccc(/C=C2/CC/C(=C\c3ccc(N(C)CCC(=O)O)cc3)C2=O)cc1. The largest absolute Gasteiger partial charge is 0.481 e. The van der Waals surface area contributed by atoms with Crippen LogP contribution in [0.15, 0.2) is 59.7 Å². The summed E-state index contributed by atoms with van der Waals surface area (Å²) >= 11 is 0. The van der Waals surface area contributed by atoms with Crippen molar-refractivity contribution in [2.75, 3.05) is 36.5 Å². The van der Waals surface area contributed by atoms with Gasteiger partial charge in [-0.2, -0.15) is 0 Å². The summed E-state index contributed by atoms with van der Waals surface area (Å²) in [7, 11) is 1.88. The van der Waals surface area contributed by atoms with Crippen LogP contribution in [-0.2, 0) is 9.59 Å². The molecule has 5 heteroatoms. The number of ketones is 1. The first kappa shape index (κ1) is 23.3. The van der Waals surface area contributed by atoms with Gasteiger partial charge in [-0.25, -0.2) is 0 Å². The molecule has 1 aliphatic rings. The van der Waals surface area contributed by atoms with E-state index >= 15 is 0 Å². The topological polar surface area (TPSA) is 60.9 Å². The Morgan fingerprint density at radius 1 is 0.875 bits per heavy atom. The number of rotatable bonds is 9. The first-order valence-electron chi connectivity index (χ1n) is 11.2. The monoisotopic (exact) mass is 432 g/mol. The highest BCUT2D eigenvalue weighted by molar-refractivity contribution is 6.15. The fourth-order valence-corrected chi connectivity index (χ4v) is 3.97. The van der Waals surface area contributed by atoms with Crippen LogP contribution in [0.4, 0.5) is 11.4 Å². The van der Waals surface area contributed by atoms with E-state index in [-0.39, 0.29) is 12.2 Å². The fourth-order valence-electron chi connectivity index (χ4n) is 3.97. The Kier molecular flexibility index (Phi) is 7.87. The van der Waals surface area contributed by atoms with Gasteiger partial charge in [0.15, 0.2) is 5.78 Å². The number of carboxylic acid groups (broad SMARTS) is 1. The molecule has 2 aromatic carbocycles. The second-order valence-corrected chi connectivity index (χ2v) is 8.09. The van der Waals surface area contributed by atoms with Crippen LogP contribution in [0.25, 0.3) is 12.2 Å². The molecule has 1 N–H and O–H groups in total. The fraction of sp³-hybridized carbons (Fsp3) is 0.333. The van der Waals surface area contributed by atoms with Crippen LogP contribution >= 0.6 is 0 Å². The molecule has 0 unspecified atom stereocenters. The Hall–Kier alpha value is -3.34. The standard InChI is InChI=1S/C27H32N2O3/c1-4-29(5-2)25-14-8-21(9-15-25)19-23-11-10-22(27(23)32)18-20-6-12-24(13-7-20)28(3)17-16-26(30)31/h6-9,12-15,18-19H,4-5,10-11,16-17H2,1-3H3,(H,30,31)/b22-18+,23-19-. The van der Waals surface area contributed by atoms with Crippen LogP contribution in [-0.4, -0.2) is 43.5 Å². The summed E-state index contributed by atoms with van der Waals surface area (Å²) in [5, 5.41) is 8.83. The van der Waals surface area contributed by atoms with E-state index in [0.29, 0.717) is 6.54 Å². The molecule has 0 amide bonds. The number of allylic oxidation sites excluding steroid dienone is 2. The predicted molar refractivity (Wildman–Crippen MR) is 132 cm³/mol. The van der Waals surface area contributed by atoms with Gasteiger partial charge in [0.2, 0.25) is 0 Å². The molecule has 1 saturated carbocycles. The molecule has 0 saturated heterocycles. The first-order valence-corrected chi connectivity index (χ1v) is 11.2. The zero-order valence-electron chi connectivity index (χ0n) is 19.2. The summed E-state index contributed by atoms with van der Waals surface area (Å²) in [5.74, 6) is -0.679. The summed E-state index contributed by atoms with van der Waals surface area (Å²) in [6.45, 7) is 6.70. The Morgan fingerprint density at radius 2 is 1.34 bits per heavy atom. The van der Waals surface area contributed by atoms with E-state index < -0.39 is 5.97 Å². The van der Waals surface area contributed by atoms with Crippen molar-refractivity contribution >= 4 is 35.3 Å². The number of hydrogen-bond acceptors (Lipinski definition) is 4. The number of hydrogen-bond donors (Lipinski definition) is 1. The lowest BCUT2D eigenvalue weighted by atomic mass is 10.1. The molecule has 1 fully saturated rings. The maximum absolute atomic E-state index is 12.9. The number of aliphatic carboxylic acids is 1. The number of nitrogens with zero attached hydrogens (tertiary/aromatic N) is 2. The van der Waals surface area contributed by atoms with Crippen molar-refractivity contribution < 1.29 is 14.7 Å². The van der Waals surface area contributed by atoms with E-state index in [1.165, 1.54) is 5.69 Å². The van der Waals surface area contributed by atoms with Crippen LogP contribution < -0.4 is 9.80 Å². The van der Waals surface area contributed by atoms with Crippen LogP contribution in [0.3, 0.4) is 0 Å². The minimum atomic E-state index is -0.804. The van der Waals surface area contributed by atoms with Gasteiger partial charge in [0, 0.05) is 49.2 Å². The number of benzene rings is 2. The zero-order valence-corrected chi connectivity index (χ0v) is 19.2. The maximum atomic E-state index is 12.9. The molecule has 168 valence electrons. The molecule has 0 aliphatic heterocycles. The molecule has 2 aromatic rings. The van der Waals surface area contributed by atoms with Gasteiger partial charge in [0.05, 0.1) is 6.42 Å². The lowest BCUT2D eigenvalue weighted by Crippen LogP contribution is -2.21. The van der Waals surface area contributed by atoms with E-state index in [9.17, 15) is 9.59 Å². The molecule has 5 nitrogen and oxygen atoms in total. The molecule has 1 aliphatic carbocycles. The van der Waals surface area contributed by atoms with Crippen molar-refractivity contribution in [3.63, 3.8) is 0 Å². The summed E-state index contributed by atoms with van der Waals surface area (Å²) in [6, 6.07) is 16.3. The third kappa shape index (κ3) is 5.88. The summed E-state index contributed by atoms with van der Waals surface area (Å²) in [6.07, 6.45) is 5.59. The Morgan fingerprint density at radius 3 is 1.78 bits per heavy atom. The molecule has 0 radical (unpaired) electrons. The van der Waals surface area contributed by atoms with Gasteiger partial charge >= 0.3 is 5.97 Å². The van der Waals surface area contributed by atoms with E-state index in [4.69, 9.17) is 5.11 Å². The van der Waals surface area contributed by atoms with Gasteiger partial charge in [-0.15, -0.1) is 0 Å². The van der Waals surface area contributed by atoms with E-state index in [1.807, 2.05) is 48.4 Å². The number of Topliss-reactive ketones (excluding diaryl/α,β-unsaturated/α-hetero) is 1. The summed E-state index contributed by atoms with van der Waals surface area (Å²) in [5.41, 5.74) is 5.89. The Bertz CT molecular complexity index is 1000.